The van der Waals surface area contributed by atoms with Gasteiger partial charge in [0.15, 0.2) is 0 Å². The number of thiophene rings is 1. The van der Waals surface area contributed by atoms with Gasteiger partial charge in [-0.25, -0.2) is 9.78 Å². The van der Waals surface area contributed by atoms with Gasteiger partial charge in [-0.2, -0.15) is 0 Å². The lowest BCUT2D eigenvalue weighted by Gasteiger charge is -2.17. The number of benzene rings is 1. The fourth-order valence-corrected chi connectivity index (χ4v) is 3.46. The molecule has 0 unspecified atom stereocenters. The smallest absolute Gasteiger partial charge is 0.348 e. The Morgan fingerprint density at radius 1 is 1.32 bits per heavy atom. The molecule has 1 N–H and O–H groups in total. The summed E-state index contributed by atoms with van der Waals surface area (Å²) in [5.74, 6) is 0.304. The number of rotatable bonds is 5. The predicted octanol–water partition coefficient (Wildman–Crippen LogP) is 3.11. The van der Waals surface area contributed by atoms with E-state index in [0.717, 1.165) is 10.6 Å². The first kappa shape index (κ1) is 17.2. The second kappa shape index (κ2) is 7.06. The molecule has 0 aliphatic heterocycles. The zero-order valence-electron chi connectivity index (χ0n) is 14.3. The number of hydrogen-bond acceptors (Lipinski definition) is 6. The van der Waals surface area contributed by atoms with Gasteiger partial charge in [-0.15, -0.1) is 11.3 Å². The first-order valence-electron chi connectivity index (χ1n) is 7.95. The van der Waals surface area contributed by atoms with Crippen LogP contribution in [0, 0.1) is 6.92 Å². The first-order valence-corrected chi connectivity index (χ1v) is 8.77. The van der Waals surface area contributed by atoms with Crippen LogP contribution in [0.5, 0.6) is 0 Å². The number of nitrogens with one attached hydrogen (secondary N) is 1. The van der Waals surface area contributed by atoms with Crippen molar-refractivity contribution in [1.29, 1.82) is 0 Å². The highest BCUT2D eigenvalue weighted by Gasteiger charge is 2.13. The minimum absolute atomic E-state index is 0.132. The highest BCUT2D eigenvalue weighted by atomic mass is 32.1. The van der Waals surface area contributed by atoms with Crippen molar-refractivity contribution in [1.82, 2.24) is 9.97 Å². The van der Waals surface area contributed by atoms with Gasteiger partial charge < -0.3 is 14.6 Å². The third kappa shape index (κ3) is 3.71. The Kier molecular flexibility index (Phi) is 4.85. The van der Waals surface area contributed by atoms with Crippen molar-refractivity contribution in [3.05, 3.63) is 57.0 Å². The number of ether oxygens (including phenoxy) is 1. The number of carbonyl (C=O) groups excluding carboxylic acids is 1. The molecule has 0 aliphatic carbocycles. The Morgan fingerprint density at radius 3 is 2.88 bits per heavy atom. The first-order chi connectivity index (χ1) is 12.0. The monoisotopic (exact) mass is 357 g/mol. The molecule has 0 amide bonds. The Morgan fingerprint density at radius 2 is 2.12 bits per heavy atom. The van der Waals surface area contributed by atoms with Crippen LogP contribution in [0.1, 0.15) is 28.0 Å². The molecule has 6 nitrogen and oxygen atoms in total. The van der Waals surface area contributed by atoms with Gasteiger partial charge in [0.05, 0.1) is 22.5 Å². The summed E-state index contributed by atoms with van der Waals surface area (Å²) in [6.45, 7) is 4.53. The topological polar surface area (TPSA) is 75.3 Å². The maximum atomic E-state index is 12.1. The van der Waals surface area contributed by atoms with Gasteiger partial charge in [0.2, 0.25) is 0 Å². The molecule has 0 fully saturated rings. The van der Waals surface area contributed by atoms with Gasteiger partial charge in [-0.05, 0) is 43.7 Å². The lowest BCUT2D eigenvalue weighted by molar-refractivity contribution is 0.0532. The number of anilines is 1. The average molecular weight is 357 g/mol. The average Bonchev–Trinajstić information content (AvgIpc) is 3.06. The molecular formula is C18H19N3O3S. The highest BCUT2D eigenvalue weighted by molar-refractivity contribution is 7.17. The summed E-state index contributed by atoms with van der Waals surface area (Å²) >= 11 is 1.39. The summed E-state index contributed by atoms with van der Waals surface area (Å²) in [5, 5.41) is 1.54. The predicted molar refractivity (Wildman–Crippen MR) is 99.5 cm³/mol. The molecule has 0 aliphatic rings. The molecule has 25 heavy (non-hydrogen) atoms. The molecule has 1 aromatic carbocycles. The van der Waals surface area contributed by atoms with E-state index in [0.29, 0.717) is 34.8 Å². The summed E-state index contributed by atoms with van der Waals surface area (Å²) in [5.41, 5.74) is 1.55. The van der Waals surface area contributed by atoms with Crippen molar-refractivity contribution in [2.45, 2.75) is 20.4 Å². The van der Waals surface area contributed by atoms with Crippen LogP contribution in [0.15, 0.2) is 35.1 Å². The molecule has 3 aromatic rings. The van der Waals surface area contributed by atoms with Crippen LogP contribution in [0.2, 0.25) is 0 Å². The van der Waals surface area contributed by atoms with E-state index in [2.05, 4.69) is 9.97 Å². The third-order valence-electron chi connectivity index (χ3n) is 3.75. The lowest BCUT2D eigenvalue weighted by Crippen LogP contribution is -2.16. The molecule has 0 saturated carbocycles. The Bertz CT molecular complexity index is 977. The second-order valence-electron chi connectivity index (χ2n) is 5.72. The van der Waals surface area contributed by atoms with Crippen molar-refractivity contribution in [3.8, 4) is 0 Å². The number of fused-ring (bicyclic) bond motifs is 1. The number of aryl methyl sites for hydroxylation is 1. The third-order valence-corrected chi connectivity index (χ3v) is 4.93. The molecule has 3 rings (SSSR count). The van der Waals surface area contributed by atoms with E-state index >= 15 is 0 Å². The fraction of sp³-hybridized carbons (Fsp3) is 0.278. The van der Waals surface area contributed by atoms with Gasteiger partial charge in [-0.3, -0.25) is 4.79 Å². The van der Waals surface area contributed by atoms with Crippen molar-refractivity contribution in [2.75, 3.05) is 18.6 Å². The number of hydrogen-bond donors (Lipinski definition) is 1. The van der Waals surface area contributed by atoms with Crippen LogP contribution in [0.25, 0.3) is 10.9 Å². The minimum Gasteiger partial charge on any atom is -0.462 e. The molecule has 130 valence electrons. The van der Waals surface area contributed by atoms with Gasteiger partial charge in [0.25, 0.3) is 5.56 Å². The van der Waals surface area contributed by atoms with Crippen LogP contribution in [0.3, 0.4) is 0 Å². The molecule has 0 bridgehead atoms. The van der Waals surface area contributed by atoms with Crippen LogP contribution < -0.4 is 10.5 Å². The SMILES string of the molecule is CCOC(=O)c1ccc(N(C)Cc2ccc3nc(C)[nH]c(=O)c3c2)s1. The summed E-state index contributed by atoms with van der Waals surface area (Å²) in [4.78, 5) is 33.5. The zero-order valence-corrected chi connectivity index (χ0v) is 15.1. The van der Waals surface area contributed by atoms with E-state index < -0.39 is 0 Å². The molecule has 7 heteroatoms. The van der Waals surface area contributed by atoms with E-state index in [1.165, 1.54) is 11.3 Å². The van der Waals surface area contributed by atoms with E-state index in [4.69, 9.17) is 4.74 Å². The van der Waals surface area contributed by atoms with E-state index in [1.54, 1.807) is 19.9 Å². The second-order valence-corrected chi connectivity index (χ2v) is 6.78. The van der Waals surface area contributed by atoms with Crippen LogP contribution in [-0.4, -0.2) is 29.6 Å². The molecule has 2 aromatic heterocycles. The van der Waals surface area contributed by atoms with Gasteiger partial charge in [0.1, 0.15) is 10.7 Å². The van der Waals surface area contributed by atoms with Gasteiger partial charge in [-0.1, -0.05) is 6.07 Å². The maximum Gasteiger partial charge on any atom is 0.348 e. The van der Waals surface area contributed by atoms with Gasteiger partial charge >= 0.3 is 5.97 Å². The minimum atomic E-state index is -0.300. The van der Waals surface area contributed by atoms with E-state index in [-0.39, 0.29) is 11.5 Å². The Hall–Kier alpha value is -2.67. The number of carbonyl (C=O) groups is 1. The number of aromatic amines is 1. The molecule has 0 atom stereocenters. The van der Waals surface area contributed by atoms with E-state index in [1.807, 2.05) is 36.2 Å². The Labute approximate surface area is 149 Å². The quantitative estimate of drug-likeness (QED) is 0.710. The normalized spacial score (nSPS) is 10.8. The number of nitrogens with zero attached hydrogens (tertiary/aromatic N) is 2. The summed E-state index contributed by atoms with van der Waals surface area (Å²) in [6.07, 6.45) is 0. The molecule has 0 radical (unpaired) electrons. The van der Waals surface area contributed by atoms with Crippen molar-refractivity contribution in [3.63, 3.8) is 0 Å². The number of H-pyrrole nitrogens is 1. The van der Waals surface area contributed by atoms with Crippen molar-refractivity contribution in [2.24, 2.45) is 0 Å². The van der Waals surface area contributed by atoms with Crippen molar-refractivity contribution < 1.29 is 9.53 Å². The van der Waals surface area contributed by atoms with Crippen LogP contribution >= 0.6 is 11.3 Å². The standard InChI is InChI=1S/C18H19N3O3S/c1-4-24-18(23)15-7-8-16(25-15)21(3)10-12-5-6-14-13(9-12)17(22)20-11(2)19-14/h5-9H,4,10H2,1-3H3,(H,19,20,22). The maximum absolute atomic E-state index is 12.1. The van der Waals surface area contributed by atoms with Crippen LogP contribution in [0.4, 0.5) is 5.00 Å². The number of esters is 1. The number of aromatic nitrogens is 2. The van der Waals surface area contributed by atoms with Crippen LogP contribution in [-0.2, 0) is 11.3 Å². The zero-order chi connectivity index (χ0) is 18.0. The highest BCUT2D eigenvalue weighted by Crippen LogP contribution is 2.27. The molecule has 2 heterocycles. The van der Waals surface area contributed by atoms with Gasteiger partial charge in [0, 0.05) is 13.6 Å². The summed E-state index contributed by atoms with van der Waals surface area (Å²) < 4.78 is 5.02. The summed E-state index contributed by atoms with van der Waals surface area (Å²) in [6, 6.07) is 9.35. The lowest BCUT2D eigenvalue weighted by atomic mass is 10.1. The largest absolute Gasteiger partial charge is 0.462 e. The molecular weight excluding hydrogens is 338 g/mol. The molecule has 0 saturated heterocycles. The summed E-state index contributed by atoms with van der Waals surface area (Å²) in [7, 11) is 1.95. The molecule has 0 spiro atoms. The van der Waals surface area contributed by atoms with E-state index in [9.17, 15) is 9.59 Å². The van der Waals surface area contributed by atoms with Crippen molar-refractivity contribution >= 4 is 33.2 Å². The Balaban J connectivity index is 1.81. The fourth-order valence-electron chi connectivity index (χ4n) is 2.60.